The van der Waals surface area contributed by atoms with Gasteiger partial charge in [-0.3, -0.25) is 14.2 Å². The summed E-state index contributed by atoms with van der Waals surface area (Å²) in [6.45, 7) is 1.36. The molecule has 1 atom stereocenters. The van der Waals surface area contributed by atoms with Crippen LogP contribution in [0.2, 0.25) is 0 Å². The summed E-state index contributed by atoms with van der Waals surface area (Å²) >= 11 is 1.30. The number of hydrogen-bond acceptors (Lipinski definition) is 7. The number of anilines is 1. The van der Waals surface area contributed by atoms with E-state index in [1.165, 1.54) is 23.5 Å². The van der Waals surface area contributed by atoms with E-state index in [2.05, 4.69) is 5.32 Å². The maximum atomic E-state index is 13.9. The van der Waals surface area contributed by atoms with Gasteiger partial charge in [-0.2, -0.15) is 0 Å². The van der Waals surface area contributed by atoms with Crippen molar-refractivity contribution in [3.05, 3.63) is 106 Å². The molecule has 208 valence electrons. The number of nitrogens with one attached hydrogen (secondary N) is 1. The fourth-order valence-corrected chi connectivity index (χ4v) is 6.08. The minimum absolute atomic E-state index is 0.0671. The minimum Gasteiger partial charge on any atom is -0.497 e. The van der Waals surface area contributed by atoms with Crippen molar-refractivity contribution in [3.8, 4) is 17.1 Å². The zero-order valence-electron chi connectivity index (χ0n) is 22.4. The smallest absolute Gasteiger partial charge is 0.281 e. The first-order chi connectivity index (χ1) is 20.0. The normalized spacial score (nSPS) is 14.9. The Morgan fingerprint density at radius 3 is 2.51 bits per heavy atom. The molecule has 3 aromatic carbocycles. The lowest BCUT2D eigenvalue weighted by Crippen LogP contribution is -2.43. The second-order valence-electron chi connectivity index (χ2n) is 9.89. The Hall–Kier alpha value is -4.57. The van der Waals surface area contributed by atoms with Gasteiger partial charge in [-0.15, -0.1) is 0 Å². The lowest BCUT2D eigenvalue weighted by atomic mass is 10.1. The SMILES string of the molecule is COc1ccc(Cn2c(-c3ccc(F)cc3)nc3sc(N4CCC[C@@H]4C(=O)NCc4ccccc4)nc3c2=O)cc1. The van der Waals surface area contributed by atoms with Crippen LogP contribution >= 0.6 is 11.3 Å². The van der Waals surface area contributed by atoms with Gasteiger partial charge in [-0.05, 0) is 60.4 Å². The van der Waals surface area contributed by atoms with E-state index in [-0.39, 0.29) is 35.4 Å². The van der Waals surface area contributed by atoms with Crippen molar-refractivity contribution >= 4 is 32.7 Å². The van der Waals surface area contributed by atoms with Crippen LogP contribution in [0.15, 0.2) is 83.7 Å². The number of rotatable bonds is 8. The quantitative estimate of drug-likeness (QED) is 0.283. The summed E-state index contributed by atoms with van der Waals surface area (Å²) in [7, 11) is 1.60. The Balaban J connectivity index is 1.35. The van der Waals surface area contributed by atoms with Gasteiger partial charge in [0.25, 0.3) is 5.56 Å². The van der Waals surface area contributed by atoms with Crippen LogP contribution in [0.1, 0.15) is 24.0 Å². The molecule has 0 spiro atoms. The van der Waals surface area contributed by atoms with Crippen molar-refractivity contribution in [2.75, 3.05) is 18.6 Å². The van der Waals surface area contributed by atoms with Crippen LogP contribution in [0, 0.1) is 5.82 Å². The number of aromatic nitrogens is 3. The number of fused-ring (bicyclic) bond motifs is 1. The maximum absolute atomic E-state index is 13.9. The van der Waals surface area contributed by atoms with Gasteiger partial charge in [0, 0.05) is 18.7 Å². The predicted octanol–water partition coefficient (Wildman–Crippen LogP) is 5.00. The first-order valence-corrected chi connectivity index (χ1v) is 14.2. The molecule has 1 amide bonds. The van der Waals surface area contributed by atoms with Gasteiger partial charge in [0.2, 0.25) is 5.91 Å². The summed E-state index contributed by atoms with van der Waals surface area (Å²) in [6.07, 6.45) is 1.54. The molecule has 8 nitrogen and oxygen atoms in total. The second kappa shape index (κ2) is 11.5. The number of nitrogens with zero attached hydrogens (tertiary/aromatic N) is 4. The Morgan fingerprint density at radius 2 is 1.78 bits per heavy atom. The Labute approximate surface area is 240 Å². The Bertz CT molecular complexity index is 1740. The highest BCUT2D eigenvalue weighted by Gasteiger charge is 2.33. The molecule has 1 aliphatic rings. The van der Waals surface area contributed by atoms with E-state index in [1.807, 2.05) is 59.5 Å². The summed E-state index contributed by atoms with van der Waals surface area (Å²) < 4.78 is 20.6. The van der Waals surface area contributed by atoms with E-state index in [1.54, 1.807) is 23.8 Å². The number of carbonyl (C=O) groups is 1. The van der Waals surface area contributed by atoms with E-state index >= 15 is 0 Å². The first-order valence-electron chi connectivity index (χ1n) is 13.4. The van der Waals surface area contributed by atoms with Gasteiger partial charge in [-0.25, -0.2) is 14.4 Å². The van der Waals surface area contributed by atoms with Crippen molar-refractivity contribution in [2.24, 2.45) is 0 Å². The number of methoxy groups -OCH3 is 1. The van der Waals surface area contributed by atoms with Crippen LogP contribution in [0.5, 0.6) is 5.75 Å². The summed E-state index contributed by atoms with van der Waals surface area (Å²) in [5, 5.41) is 3.63. The molecule has 0 bridgehead atoms. The third-order valence-electron chi connectivity index (χ3n) is 7.22. The number of thiazole rings is 1. The topological polar surface area (TPSA) is 89.3 Å². The highest BCUT2D eigenvalue weighted by Crippen LogP contribution is 2.33. The lowest BCUT2D eigenvalue weighted by molar-refractivity contribution is -0.122. The van der Waals surface area contributed by atoms with Crippen LogP contribution in [-0.2, 0) is 17.9 Å². The van der Waals surface area contributed by atoms with Crippen LogP contribution in [0.3, 0.4) is 0 Å². The van der Waals surface area contributed by atoms with Crippen molar-refractivity contribution in [1.82, 2.24) is 19.9 Å². The highest BCUT2D eigenvalue weighted by molar-refractivity contribution is 7.21. The second-order valence-corrected chi connectivity index (χ2v) is 10.8. The molecule has 0 saturated carbocycles. The third kappa shape index (κ3) is 5.55. The molecule has 0 aliphatic carbocycles. The summed E-state index contributed by atoms with van der Waals surface area (Å²) in [5.74, 6) is 0.699. The summed E-state index contributed by atoms with van der Waals surface area (Å²) in [4.78, 5) is 39.1. The van der Waals surface area contributed by atoms with Crippen LogP contribution < -0.4 is 20.5 Å². The molecule has 1 fully saturated rings. The van der Waals surface area contributed by atoms with Crippen molar-refractivity contribution in [2.45, 2.75) is 32.0 Å². The molecule has 5 aromatic rings. The number of halogens is 1. The largest absolute Gasteiger partial charge is 0.497 e. The molecular weight excluding hydrogens is 541 g/mol. The molecule has 0 unspecified atom stereocenters. The fraction of sp³-hybridized carbons (Fsp3) is 0.226. The molecule has 10 heteroatoms. The van der Waals surface area contributed by atoms with Gasteiger partial charge in [0.1, 0.15) is 23.4 Å². The molecule has 2 aromatic heterocycles. The zero-order chi connectivity index (χ0) is 28.3. The minimum atomic E-state index is -0.377. The van der Waals surface area contributed by atoms with Crippen LogP contribution in [0.25, 0.3) is 21.7 Å². The monoisotopic (exact) mass is 569 g/mol. The standard InChI is InChI=1S/C31H28FN5O3S/c1-40-24-15-9-21(10-16-24)19-37-27(22-11-13-23(32)14-12-22)35-29-26(30(37)39)34-31(41-29)36-17-5-8-25(36)28(38)33-18-20-6-3-2-4-7-20/h2-4,6-7,9-16,25H,5,8,17-19H2,1H3,(H,33,38)/t25-/m1/s1. The number of amides is 1. The molecule has 3 heterocycles. The van der Waals surface area contributed by atoms with Crippen LogP contribution in [-0.4, -0.2) is 40.1 Å². The predicted molar refractivity (Wildman–Crippen MR) is 158 cm³/mol. The van der Waals surface area contributed by atoms with E-state index in [4.69, 9.17) is 14.7 Å². The molecule has 1 N–H and O–H groups in total. The maximum Gasteiger partial charge on any atom is 0.281 e. The zero-order valence-corrected chi connectivity index (χ0v) is 23.2. The Kier molecular flexibility index (Phi) is 7.47. The summed E-state index contributed by atoms with van der Waals surface area (Å²) in [6, 6.07) is 22.8. The average molecular weight is 570 g/mol. The average Bonchev–Trinajstić information content (AvgIpc) is 3.66. The molecule has 1 aliphatic heterocycles. The van der Waals surface area contributed by atoms with Gasteiger partial charge >= 0.3 is 0 Å². The van der Waals surface area contributed by atoms with E-state index in [0.29, 0.717) is 46.6 Å². The number of ether oxygens (including phenoxy) is 1. The lowest BCUT2D eigenvalue weighted by Gasteiger charge is -2.23. The van der Waals surface area contributed by atoms with E-state index in [0.717, 1.165) is 17.5 Å². The molecule has 1 saturated heterocycles. The van der Waals surface area contributed by atoms with Crippen molar-refractivity contribution < 1.29 is 13.9 Å². The fourth-order valence-electron chi connectivity index (χ4n) is 5.07. The molecule has 41 heavy (non-hydrogen) atoms. The van der Waals surface area contributed by atoms with E-state index < -0.39 is 0 Å². The number of hydrogen-bond donors (Lipinski definition) is 1. The van der Waals surface area contributed by atoms with Gasteiger partial charge in [0.15, 0.2) is 15.5 Å². The first kappa shape index (κ1) is 26.6. The molecular formula is C31H28FN5O3S. The Morgan fingerprint density at radius 1 is 1.02 bits per heavy atom. The van der Waals surface area contributed by atoms with Gasteiger partial charge in [0.05, 0.1) is 13.7 Å². The number of benzene rings is 3. The van der Waals surface area contributed by atoms with Crippen molar-refractivity contribution in [3.63, 3.8) is 0 Å². The molecule has 6 rings (SSSR count). The van der Waals surface area contributed by atoms with Gasteiger partial charge in [-0.1, -0.05) is 53.8 Å². The molecule has 0 radical (unpaired) electrons. The van der Waals surface area contributed by atoms with Gasteiger partial charge < -0.3 is 15.0 Å². The number of carbonyl (C=O) groups excluding carboxylic acids is 1. The third-order valence-corrected chi connectivity index (χ3v) is 8.21. The highest BCUT2D eigenvalue weighted by atomic mass is 32.1. The van der Waals surface area contributed by atoms with Crippen molar-refractivity contribution in [1.29, 1.82) is 0 Å². The van der Waals surface area contributed by atoms with E-state index in [9.17, 15) is 14.0 Å². The summed E-state index contributed by atoms with van der Waals surface area (Å²) in [5.41, 5.74) is 2.48. The van der Waals surface area contributed by atoms with Crippen LogP contribution in [0.4, 0.5) is 9.52 Å².